The van der Waals surface area contributed by atoms with Crippen LogP contribution in [-0.2, 0) is 15.6 Å². The number of anilines is 1. The first-order valence-corrected chi connectivity index (χ1v) is 8.08. The van der Waals surface area contributed by atoms with E-state index >= 15 is 0 Å². The second kappa shape index (κ2) is 7.43. The van der Waals surface area contributed by atoms with Gasteiger partial charge in [0, 0.05) is 12.2 Å². The van der Waals surface area contributed by atoms with Gasteiger partial charge in [-0.1, -0.05) is 19.9 Å². The van der Waals surface area contributed by atoms with Crippen molar-refractivity contribution in [2.24, 2.45) is 5.92 Å². The number of nitrogen functional groups attached to an aromatic ring is 1. The van der Waals surface area contributed by atoms with Crippen LogP contribution in [0.3, 0.4) is 0 Å². The maximum absolute atomic E-state index is 12.4. The van der Waals surface area contributed by atoms with Crippen molar-refractivity contribution in [3.63, 3.8) is 0 Å². The molecule has 20 heavy (non-hydrogen) atoms. The highest BCUT2D eigenvalue weighted by atomic mass is 32.2. The number of amides is 1. The average Bonchev–Trinajstić information content (AvgIpc) is 2.36. The molecule has 1 rings (SSSR count). The van der Waals surface area contributed by atoms with Crippen LogP contribution in [0, 0.1) is 12.8 Å². The Hall–Kier alpha value is -1.36. The molecule has 112 valence electrons. The van der Waals surface area contributed by atoms with E-state index in [1.165, 1.54) is 0 Å². The molecule has 0 aliphatic rings. The summed E-state index contributed by atoms with van der Waals surface area (Å²) in [6.45, 7) is 8.40. The summed E-state index contributed by atoms with van der Waals surface area (Å²) in [7, 11) is -1.43. The highest BCUT2D eigenvalue weighted by Gasteiger charge is 2.22. The quantitative estimate of drug-likeness (QED) is 0.791. The van der Waals surface area contributed by atoms with Gasteiger partial charge in [-0.3, -0.25) is 9.00 Å². The van der Waals surface area contributed by atoms with E-state index in [1.807, 2.05) is 13.0 Å². The normalized spacial score (nSPS) is 14.1. The van der Waals surface area contributed by atoms with Crippen LogP contribution >= 0.6 is 0 Å². The van der Waals surface area contributed by atoms with E-state index in [0.717, 1.165) is 12.0 Å². The topological polar surface area (TPSA) is 72.2 Å². The molecule has 0 fully saturated rings. The van der Waals surface area contributed by atoms with E-state index in [2.05, 4.69) is 19.2 Å². The van der Waals surface area contributed by atoms with Crippen molar-refractivity contribution < 1.29 is 9.00 Å². The predicted molar refractivity (Wildman–Crippen MR) is 83.9 cm³/mol. The predicted octanol–water partition coefficient (Wildman–Crippen LogP) is 2.24. The molecule has 0 aromatic heterocycles. The van der Waals surface area contributed by atoms with E-state index < -0.39 is 16.0 Å². The van der Waals surface area contributed by atoms with Crippen molar-refractivity contribution in [1.82, 2.24) is 5.32 Å². The van der Waals surface area contributed by atoms with Gasteiger partial charge in [0.15, 0.2) is 0 Å². The van der Waals surface area contributed by atoms with Gasteiger partial charge in [0.2, 0.25) is 5.91 Å². The summed E-state index contributed by atoms with van der Waals surface area (Å²) in [5.74, 6) is 0.341. The molecule has 0 spiro atoms. The third-order valence-corrected chi connectivity index (χ3v) is 4.75. The Labute approximate surface area is 123 Å². The van der Waals surface area contributed by atoms with Gasteiger partial charge in [0.1, 0.15) is 5.25 Å². The van der Waals surface area contributed by atoms with Crippen molar-refractivity contribution >= 4 is 22.4 Å². The molecule has 5 heteroatoms. The Morgan fingerprint density at radius 3 is 2.55 bits per heavy atom. The van der Waals surface area contributed by atoms with E-state index in [9.17, 15) is 9.00 Å². The number of benzene rings is 1. The fraction of sp³-hybridized carbons (Fsp3) is 0.533. The summed E-state index contributed by atoms with van der Waals surface area (Å²) in [5.41, 5.74) is 7.36. The third-order valence-electron chi connectivity index (χ3n) is 3.09. The molecule has 0 saturated heterocycles. The summed E-state index contributed by atoms with van der Waals surface area (Å²) in [6.07, 6.45) is 0.914. The molecular weight excluding hydrogens is 272 g/mol. The van der Waals surface area contributed by atoms with Gasteiger partial charge >= 0.3 is 0 Å². The molecular formula is C15H24N2O2S. The minimum Gasteiger partial charge on any atom is -0.398 e. The van der Waals surface area contributed by atoms with Gasteiger partial charge in [-0.25, -0.2) is 0 Å². The lowest BCUT2D eigenvalue weighted by atomic mass is 10.1. The Morgan fingerprint density at radius 2 is 2.00 bits per heavy atom. The van der Waals surface area contributed by atoms with Crippen LogP contribution in [0.5, 0.6) is 0 Å². The lowest BCUT2D eigenvalue weighted by molar-refractivity contribution is -0.120. The highest BCUT2D eigenvalue weighted by molar-refractivity contribution is 7.86. The van der Waals surface area contributed by atoms with Crippen molar-refractivity contribution in [3.8, 4) is 0 Å². The molecule has 4 nitrogen and oxygen atoms in total. The summed E-state index contributed by atoms with van der Waals surface area (Å²) < 4.78 is 12.4. The van der Waals surface area contributed by atoms with E-state index in [1.54, 1.807) is 19.1 Å². The number of nitrogens with one attached hydrogen (secondary N) is 1. The Bertz CT molecular complexity index is 501. The van der Waals surface area contributed by atoms with Crippen molar-refractivity contribution in [1.29, 1.82) is 0 Å². The van der Waals surface area contributed by atoms with Gasteiger partial charge in [0.05, 0.1) is 15.7 Å². The third kappa shape index (κ3) is 4.63. The molecule has 0 radical (unpaired) electrons. The van der Waals surface area contributed by atoms with Crippen LogP contribution in [0.2, 0.25) is 0 Å². The number of carbonyl (C=O) groups is 1. The number of hydrogen-bond acceptors (Lipinski definition) is 3. The largest absolute Gasteiger partial charge is 0.398 e. The first-order chi connectivity index (χ1) is 9.32. The van der Waals surface area contributed by atoms with Crippen molar-refractivity contribution in [2.75, 3.05) is 12.3 Å². The first-order valence-electron chi connectivity index (χ1n) is 6.87. The van der Waals surface area contributed by atoms with Crippen LogP contribution in [-0.4, -0.2) is 21.9 Å². The monoisotopic (exact) mass is 296 g/mol. The minimum atomic E-state index is -1.43. The smallest absolute Gasteiger partial charge is 0.235 e. The summed E-state index contributed by atoms with van der Waals surface area (Å²) in [5, 5.41) is 2.22. The SMILES string of the molecule is Cc1ccc(S(=O)C(C)C(=O)NCCC(C)C)c(N)c1. The number of hydrogen-bond donors (Lipinski definition) is 2. The van der Waals surface area contributed by atoms with Gasteiger partial charge in [0.25, 0.3) is 0 Å². The fourth-order valence-electron chi connectivity index (χ4n) is 1.77. The van der Waals surface area contributed by atoms with Gasteiger partial charge in [-0.15, -0.1) is 0 Å². The Morgan fingerprint density at radius 1 is 1.35 bits per heavy atom. The van der Waals surface area contributed by atoms with Crippen LogP contribution in [0.15, 0.2) is 23.1 Å². The first kappa shape index (κ1) is 16.7. The van der Waals surface area contributed by atoms with Crippen LogP contribution in [0.25, 0.3) is 0 Å². The zero-order valence-corrected chi connectivity index (χ0v) is 13.4. The second-order valence-electron chi connectivity index (χ2n) is 5.45. The lowest BCUT2D eigenvalue weighted by Gasteiger charge is -2.14. The summed E-state index contributed by atoms with van der Waals surface area (Å²) in [4.78, 5) is 12.5. The minimum absolute atomic E-state index is 0.191. The fourth-order valence-corrected chi connectivity index (χ4v) is 2.92. The highest BCUT2D eigenvalue weighted by Crippen LogP contribution is 2.20. The van der Waals surface area contributed by atoms with Gasteiger partial charge < -0.3 is 11.1 Å². The molecule has 1 aromatic carbocycles. The summed E-state index contributed by atoms with van der Waals surface area (Å²) >= 11 is 0. The second-order valence-corrected chi connectivity index (χ2v) is 7.20. The standard InChI is InChI=1S/C15H24N2O2S/c1-10(2)7-8-17-15(18)12(4)20(19)14-6-5-11(3)9-13(14)16/h5-6,9-10,12H,7-8,16H2,1-4H3,(H,17,18). The molecule has 3 N–H and O–H groups in total. The number of nitrogens with two attached hydrogens (primary N) is 1. The van der Waals surface area contributed by atoms with Crippen LogP contribution < -0.4 is 11.1 Å². The van der Waals surface area contributed by atoms with Crippen LogP contribution in [0.1, 0.15) is 32.8 Å². The van der Waals surface area contributed by atoms with E-state index in [-0.39, 0.29) is 5.91 Å². The maximum atomic E-state index is 12.4. The molecule has 0 aliphatic carbocycles. The zero-order valence-electron chi connectivity index (χ0n) is 12.6. The van der Waals surface area contributed by atoms with E-state index in [4.69, 9.17) is 5.73 Å². The Kier molecular flexibility index (Phi) is 6.20. The molecule has 0 aliphatic heterocycles. The van der Waals surface area contributed by atoms with Gasteiger partial charge in [-0.05, 0) is 43.9 Å². The molecule has 1 amide bonds. The molecule has 0 saturated carbocycles. The molecule has 0 heterocycles. The molecule has 2 atom stereocenters. The molecule has 0 bridgehead atoms. The van der Waals surface area contributed by atoms with Crippen molar-refractivity contribution in [3.05, 3.63) is 23.8 Å². The number of carbonyl (C=O) groups excluding carboxylic acids is 1. The van der Waals surface area contributed by atoms with Crippen molar-refractivity contribution in [2.45, 2.75) is 44.3 Å². The zero-order chi connectivity index (χ0) is 15.3. The van der Waals surface area contributed by atoms with E-state index in [0.29, 0.717) is 23.0 Å². The number of aryl methyl sites for hydroxylation is 1. The molecule has 2 unspecified atom stereocenters. The van der Waals surface area contributed by atoms with Gasteiger partial charge in [-0.2, -0.15) is 0 Å². The Balaban J connectivity index is 2.68. The number of rotatable bonds is 6. The molecule has 1 aromatic rings. The summed E-state index contributed by atoms with van der Waals surface area (Å²) in [6, 6.07) is 5.36. The lowest BCUT2D eigenvalue weighted by Crippen LogP contribution is -2.36. The van der Waals surface area contributed by atoms with Crippen LogP contribution in [0.4, 0.5) is 5.69 Å². The average molecular weight is 296 g/mol. The maximum Gasteiger partial charge on any atom is 0.235 e.